The molecule has 0 aliphatic heterocycles. The van der Waals surface area contributed by atoms with Gasteiger partial charge in [0.15, 0.2) is 0 Å². The van der Waals surface area contributed by atoms with Gasteiger partial charge >= 0.3 is 5.97 Å². The zero-order valence-electron chi connectivity index (χ0n) is 11.0. The Labute approximate surface area is 121 Å². The molecule has 0 aromatic heterocycles. The van der Waals surface area contributed by atoms with Gasteiger partial charge in [0.2, 0.25) is 5.91 Å². The van der Waals surface area contributed by atoms with Crippen molar-refractivity contribution in [3.8, 4) is 0 Å². The van der Waals surface area contributed by atoms with Crippen LogP contribution in [0.2, 0.25) is 0 Å². The topological polar surface area (TPSA) is 58.6 Å². The van der Waals surface area contributed by atoms with Crippen molar-refractivity contribution in [3.05, 3.63) is 28.7 Å². The average molecular weight is 329 g/mol. The summed E-state index contributed by atoms with van der Waals surface area (Å²) in [5.74, 6) is -0.405. The van der Waals surface area contributed by atoms with E-state index in [1.807, 2.05) is 24.3 Å². The van der Waals surface area contributed by atoms with Crippen molar-refractivity contribution in [2.24, 2.45) is 0 Å². The molecule has 6 heteroatoms. The lowest BCUT2D eigenvalue weighted by atomic mass is 10.3. The van der Waals surface area contributed by atoms with Crippen LogP contribution in [0.4, 0.5) is 5.69 Å². The van der Waals surface area contributed by atoms with Gasteiger partial charge in [-0.15, -0.1) is 0 Å². The first-order valence-electron chi connectivity index (χ1n) is 5.82. The van der Waals surface area contributed by atoms with E-state index in [2.05, 4.69) is 26.0 Å². The molecule has 0 radical (unpaired) electrons. The first-order chi connectivity index (χ1) is 9.02. The van der Waals surface area contributed by atoms with E-state index >= 15 is 0 Å². The van der Waals surface area contributed by atoms with Gasteiger partial charge in [-0.3, -0.25) is 14.5 Å². The van der Waals surface area contributed by atoms with Crippen molar-refractivity contribution in [1.29, 1.82) is 0 Å². The zero-order chi connectivity index (χ0) is 14.3. The highest BCUT2D eigenvalue weighted by Crippen LogP contribution is 2.20. The molecule has 5 nitrogen and oxygen atoms in total. The highest BCUT2D eigenvalue weighted by atomic mass is 79.9. The first kappa shape index (κ1) is 15.7. The minimum Gasteiger partial charge on any atom is -0.469 e. The van der Waals surface area contributed by atoms with Crippen molar-refractivity contribution in [2.45, 2.75) is 6.42 Å². The Morgan fingerprint density at radius 1 is 1.37 bits per heavy atom. The third-order valence-electron chi connectivity index (χ3n) is 2.49. The van der Waals surface area contributed by atoms with Crippen LogP contribution in [-0.2, 0) is 14.3 Å². The molecule has 1 rings (SSSR count). The fourth-order valence-corrected chi connectivity index (χ4v) is 1.84. The molecule has 0 unspecified atom stereocenters. The van der Waals surface area contributed by atoms with E-state index < -0.39 is 0 Å². The summed E-state index contributed by atoms with van der Waals surface area (Å²) in [6, 6.07) is 7.40. The molecule has 1 aromatic carbocycles. The molecule has 0 heterocycles. The number of para-hydroxylation sites is 1. The lowest BCUT2D eigenvalue weighted by Gasteiger charge is -2.15. The number of ether oxygens (including phenoxy) is 1. The predicted molar refractivity (Wildman–Crippen MR) is 76.9 cm³/mol. The first-order valence-corrected chi connectivity index (χ1v) is 6.62. The Hall–Kier alpha value is -1.40. The quantitative estimate of drug-likeness (QED) is 0.810. The maximum Gasteiger partial charge on any atom is 0.306 e. The summed E-state index contributed by atoms with van der Waals surface area (Å²) in [7, 11) is 3.13. The van der Waals surface area contributed by atoms with Gasteiger partial charge in [0.25, 0.3) is 0 Å². The molecular weight excluding hydrogens is 312 g/mol. The minimum absolute atomic E-state index is 0.126. The van der Waals surface area contributed by atoms with Gasteiger partial charge in [0, 0.05) is 11.0 Å². The second-order valence-electron chi connectivity index (χ2n) is 4.09. The lowest BCUT2D eigenvalue weighted by molar-refractivity contribution is -0.141. The highest BCUT2D eigenvalue weighted by molar-refractivity contribution is 9.10. The summed E-state index contributed by atoms with van der Waals surface area (Å²) in [5, 5.41) is 2.80. The van der Waals surface area contributed by atoms with Crippen LogP contribution in [0, 0.1) is 0 Å². The van der Waals surface area contributed by atoms with E-state index in [-0.39, 0.29) is 24.8 Å². The van der Waals surface area contributed by atoms with Crippen LogP contribution in [0.25, 0.3) is 0 Å². The van der Waals surface area contributed by atoms with Crippen molar-refractivity contribution in [2.75, 3.05) is 32.6 Å². The molecule has 1 N–H and O–H groups in total. The van der Waals surface area contributed by atoms with Crippen LogP contribution in [-0.4, -0.2) is 44.0 Å². The Morgan fingerprint density at radius 2 is 2.05 bits per heavy atom. The number of hydrogen-bond acceptors (Lipinski definition) is 4. The van der Waals surface area contributed by atoms with Crippen LogP contribution in [0.3, 0.4) is 0 Å². The molecule has 1 aromatic rings. The number of nitrogens with one attached hydrogen (secondary N) is 1. The fraction of sp³-hybridized carbons (Fsp3) is 0.385. The molecule has 0 fully saturated rings. The van der Waals surface area contributed by atoms with Crippen molar-refractivity contribution >= 4 is 33.5 Å². The summed E-state index contributed by atoms with van der Waals surface area (Å²) in [5.41, 5.74) is 0.730. The van der Waals surface area contributed by atoms with Gasteiger partial charge in [-0.2, -0.15) is 0 Å². The fourth-order valence-electron chi connectivity index (χ4n) is 1.46. The second kappa shape index (κ2) is 7.91. The predicted octanol–water partition coefficient (Wildman–Crippen LogP) is 1.88. The molecule has 0 bridgehead atoms. The summed E-state index contributed by atoms with van der Waals surface area (Å²) < 4.78 is 5.38. The zero-order valence-corrected chi connectivity index (χ0v) is 12.6. The largest absolute Gasteiger partial charge is 0.469 e. The lowest BCUT2D eigenvalue weighted by Crippen LogP contribution is -2.31. The number of rotatable bonds is 6. The minimum atomic E-state index is -0.280. The van der Waals surface area contributed by atoms with Gasteiger partial charge in [-0.1, -0.05) is 12.1 Å². The number of esters is 1. The number of amides is 1. The normalized spacial score (nSPS) is 10.3. The molecule has 0 aliphatic carbocycles. The van der Waals surface area contributed by atoms with Crippen molar-refractivity contribution in [1.82, 2.24) is 4.90 Å². The number of carbonyl (C=O) groups is 2. The van der Waals surface area contributed by atoms with E-state index in [0.717, 1.165) is 10.2 Å². The SMILES string of the molecule is COC(=O)CCN(C)CC(=O)Nc1ccccc1Br. The number of likely N-dealkylation sites (N-methyl/N-ethyl adjacent to an activating group) is 1. The number of hydrogen-bond donors (Lipinski definition) is 1. The van der Waals surface area contributed by atoms with Crippen molar-refractivity contribution < 1.29 is 14.3 Å². The average Bonchev–Trinajstić information content (AvgIpc) is 2.38. The Morgan fingerprint density at radius 3 is 2.68 bits per heavy atom. The van der Waals surface area contributed by atoms with E-state index in [0.29, 0.717) is 6.54 Å². The van der Waals surface area contributed by atoms with E-state index in [9.17, 15) is 9.59 Å². The van der Waals surface area contributed by atoms with E-state index in [4.69, 9.17) is 0 Å². The number of anilines is 1. The smallest absolute Gasteiger partial charge is 0.306 e. The van der Waals surface area contributed by atoms with Gasteiger partial charge in [-0.25, -0.2) is 0 Å². The Bertz CT molecular complexity index is 451. The van der Waals surface area contributed by atoms with Crippen LogP contribution in [0.15, 0.2) is 28.7 Å². The molecule has 0 saturated carbocycles. The van der Waals surface area contributed by atoms with Gasteiger partial charge < -0.3 is 10.1 Å². The third kappa shape index (κ3) is 5.85. The Balaban J connectivity index is 2.39. The number of benzene rings is 1. The number of nitrogens with zero attached hydrogens (tertiary/aromatic N) is 1. The Kier molecular flexibility index (Phi) is 6.52. The van der Waals surface area contributed by atoms with Gasteiger partial charge in [0.1, 0.15) is 0 Å². The third-order valence-corrected chi connectivity index (χ3v) is 3.18. The molecule has 0 atom stereocenters. The molecule has 0 aliphatic rings. The summed E-state index contributed by atoms with van der Waals surface area (Å²) in [6.45, 7) is 0.703. The van der Waals surface area contributed by atoms with Crippen LogP contribution in [0.5, 0.6) is 0 Å². The molecule has 19 heavy (non-hydrogen) atoms. The maximum atomic E-state index is 11.8. The van der Waals surface area contributed by atoms with Crippen LogP contribution in [0.1, 0.15) is 6.42 Å². The molecule has 0 spiro atoms. The van der Waals surface area contributed by atoms with E-state index in [1.54, 1.807) is 11.9 Å². The molecular formula is C13H17BrN2O3. The van der Waals surface area contributed by atoms with Crippen molar-refractivity contribution in [3.63, 3.8) is 0 Å². The van der Waals surface area contributed by atoms with Gasteiger partial charge in [0.05, 0.1) is 25.8 Å². The van der Waals surface area contributed by atoms with Crippen LogP contribution >= 0.6 is 15.9 Å². The number of halogens is 1. The van der Waals surface area contributed by atoms with Crippen LogP contribution < -0.4 is 5.32 Å². The summed E-state index contributed by atoms with van der Waals surface area (Å²) in [6.07, 6.45) is 0.273. The van der Waals surface area contributed by atoms with Gasteiger partial charge in [-0.05, 0) is 35.1 Å². The summed E-state index contributed by atoms with van der Waals surface area (Å²) in [4.78, 5) is 24.5. The molecule has 0 saturated heterocycles. The van der Waals surface area contributed by atoms with E-state index in [1.165, 1.54) is 7.11 Å². The number of carbonyl (C=O) groups excluding carboxylic acids is 2. The monoisotopic (exact) mass is 328 g/mol. The highest BCUT2D eigenvalue weighted by Gasteiger charge is 2.10. The molecule has 1 amide bonds. The molecule has 104 valence electrons. The summed E-state index contributed by atoms with van der Waals surface area (Å²) >= 11 is 3.36. The second-order valence-corrected chi connectivity index (χ2v) is 4.95. The standard InChI is InChI=1S/C13H17BrN2O3/c1-16(8-7-13(18)19-2)9-12(17)15-11-6-4-3-5-10(11)14/h3-6H,7-9H2,1-2H3,(H,15,17). The number of methoxy groups -OCH3 is 1. The maximum absolute atomic E-state index is 11.8.